The first-order valence-corrected chi connectivity index (χ1v) is 15.4. The molecule has 1 aromatic carbocycles. The van der Waals surface area contributed by atoms with Gasteiger partial charge in [0.2, 0.25) is 0 Å². The molecule has 1 saturated heterocycles. The van der Waals surface area contributed by atoms with Crippen molar-refractivity contribution in [3.05, 3.63) is 58.2 Å². The standard InChI is InChI=1S/C33H38F5NO4/c1-18(43-29(41)27-4-3-15-39-27)19-5-7-20(8-6-19)25-17-30(2)26(13-14-31(30,42)32(34,35)33(36,37)38)24-11-9-21-16-22(40)10-12-23(21)28(24)25/h5-8,16,18,24-27,39,42H,3-4,9-15,17H2,1-2H3/t18-,24?,25+,26?,27-,30-,31-/m0/s1. The number of allylic oxidation sites excluding steroid dienone is 4. The van der Waals surface area contributed by atoms with Crippen LogP contribution in [0.15, 0.2) is 47.1 Å². The summed E-state index contributed by atoms with van der Waals surface area (Å²) in [6, 6.07) is 6.93. The second kappa shape index (κ2) is 10.5. The molecular weight excluding hydrogens is 569 g/mol. The molecule has 1 aromatic rings. The van der Waals surface area contributed by atoms with E-state index in [0.29, 0.717) is 32.1 Å². The Labute approximate surface area is 247 Å². The summed E-state index contributed by atoms with van der Waals surface area (Å²) in [5.41, 5.74) is -0.488. The van der Waals surface area contributed by atoms with Crippen molar-refractivity contribution in [1.29, 1.82) is 0 Å². The van der Waals surface area contributed by atoms with Gasteiger partial charge < -0.3 is 15.2 Å². The monoisotopic (exact) mass is 607 g/mol. The molecule has 2 N–H and O–H groups in total. The normalized spacial score (nSPS) is 35.2. The van der Waals surface area contributed by atoms with Crippen LogP contribution in [0.25, 0.3) is 0 Å². The number of rotatable bonds is 5. The summed E-state index contributed by atoms with van der Waals surface area (Å²) < 4.78 is 77.4. The van der Waals surface area contributed by atoms with Gasteiger partial charge in [0.1, 0.15) is 17.7 Å². The van der Waals surface area contributed by atoms with Crippen LogP contribution in [0.5, 0.6) is 0 Å². The van der Waals surface area contributed by atoms with Crippen LogP contribution in [0.3, 0.4) is 0 Å². The number of nitrogens with one attached hydrogen (secondary N) is 1. The van der Waals surface area contributed by atoms with Gasteiger partial charge in [0.05, 0.1) is 0 Å². The molecule has 0 aromatic heterocycles. The topological polar surface area (TPSA) is 75.6 Å². The summed E-state index contributed by atoms with van der Waals surface area (Å²) in [4.78, 5) is 24.8. The van der Waals surface area contributed by atoms with Crippen LogP contribution in [0.4, 0.5) is 22.0 Å². The molecule has 0 bridgehead atoms. The van der Waals surface area contributed by atoms with Gasteiger partial charge in [-0.2, -0.15) is 22.0 Å². The van der Waals surface area contributed by atoms with Crippen LogP contribution < -0.4 is 5.32 Å². The molecule has 10 heteroatoms. The fourth-order valence-electron chi connectivity index (χ4n) is 8.92. The van der Waals surface area contributed by atoms with Crippen LogP contribution in [0.1, 0.15) is 94.8 Å². The number of esters is 1. The maximum Gasteiger partial charge on any atom is 0.456 e. The van der Waals surface area contributed by atoms with Gasteiger partial charge in [-0.15, -0.1) is 0 Å². The van der Waals surface area contributed by atoms with Crippen LogP contribution in [-0.4, -0.2) is 47.1 Å². The summed E-state index contributed by atoms with van der Waals surface area (Å²) in [5, 5.41) is 14.5. The van der Waals surface area contributed by atoms with Gasteiger partial charge in [-0.25, -0.2) is 0 Å². The number of fused-ring (bicyclic) bond motifs is 4. The average Bonchev–Trinajstić information content (AvgIpc) is 3.59. The minimum Gasteiger partial charge on any atom is -0.457 e. The first-order valence-electron chi connectivity index (χ1n) is 15.4. The predicted molar refractivity (Wildman–Crippen MR) is 148 cm³/mol. The third-order valence-electron chi connectivity index (χ3n) is 11.2. The maximum absolute atomic E-state index is 15.2. The fourth-order valence-corrected chi connectivity index (χ4v) is 8.92. The van der Waals surface area contributed by atoms with E-state index in [1.165, 1.54) is 6.92 Å². The Morgan fingerprint density at radius 1 is 1.07 bits per heavy atom. The Morgan fingerprint density at radius 2 is 1.79 bits per heavy atom. The summed E-state index contributed by atoms with van der Waals surface area (Å²) in [5.74, 6) is -6.90. The molecule has 0 spiro atoms. The molecule has 1 aliphatic heterocycles. The zero-order valence-corrected chi connectivity index (χ0v) is 24.4. The number of ketones is 1. The highest BCUT2D eigenvalue weighted by Crippen LogP contribution is 2.70. The zero-order valence-electron chi connectivity index (χ0n) is 24.4. The molecule has 3 fully saturated rings. The van der Waals surface area contributed by atoms with Gasteiger partial charge in [-0.1, -0.05) is 36.8 Å². The lowest BCUT2D eigenvalue weighted by molar-refractivity contribution is -0.362. The van der Waals surface area contributed by atoms with Crippen molar-refractivity contribution >= 4 is 11.8 Å². The van der Waals surface area contributed by atoms with E-state index in [-0.39, 0.29) is 36.6 Å². The Morgan fingerprint density at radius 3 is 2.44 bits per heavy atom. The number of halogens is 5. The van der Waals surface area contributed by atoms with Gasteiger partial charge in [-0.3, -0.25) is 9.59 Å². The first-order chi connectivity index (χ1) is 20.2. The van der Waals surface area contributed by atoms with E-state index in [1.807, 2.05) is 12.1 Å². The Kier molecular flexibility index (Phi) is 7.43. The average molecular weight is 608 g/mol. The maximum atomic E-state index is 15.2. The molecule has 6 rings (SSSR count). The molecular formula is C33H38F5NO4. The molecule has 7 atom stereocenters. The third-order valence-corrected chi connectivity index (χ3v) is 11.2. The summed E-state index contributed by atoms with van der Waals surface area (Å²) in [6.07, 6.45) is -1.85. The van der Waals surface area contributed by atoms with E-state index < -0.39 is 47.5 Å². The van der Waals surface area contributed by atoms with Crippen LogP contribution >= 0.6 is 0 Å². The molecule has 43 heavy (non-hydrogen) atoms. The number of ether oxygens (including phenoxy) is 1. The van der Waals surface area contributed by atoms with E-state index in [1.54, 1.807) is 25.1 Å². The van der Waals surface area contributed by atoms with Gasteiger partial charge in [0.25, 0.3) is 0 Å². The highest BCUT2D eigenvalue weighted by atomic mass is 19.4. The molecule has 1 heterocycles. The molecule has 5 nitrogen and oxygen atoms in total. The van der Waals surface area contributed by atoms with Gasteiger partial charge in [0, 0.05) is 17.8 Å². The fraction of sp³-hybridized carbons (Fsp3) is 0.636. The van der Waals surface area contributed by atoms with E-state index >= 15 is 8.78 Å². The Balaban J connectivity index is 1.38. The third kappa shape index (κ3) is 4.69. The van der Waals surface area contributed by atoms with E-state index in [4.69, 9.17) is 4.74 Å². The number of carbonyl (C=O) groups excluding carboxylic acids is 2. The lowest BCUT2D eigenvalue weighted by atomic mass is 9.50. The van der Waals surface area contributed by atoms with Crippen LogP contribution in [0, 0.1) is 17.3 Å². The predicted octanol–water partition coefficient (Wildman–Crippen LogP) is 6.87. The lowest BCUT2D eigenvalue weighted by Crippen LogP contribution is -2.65. The van der Waals surface area contributed by atoms with E-state index in [9.17, 15) is 27.9 Å². The minimum atomic E-state index is -5.89. The largest absolute Gasteiger partial charge is 0.457 e. The summed E-state index contributed by atoms with van der Waals surface area (Å²) in [6.45, 7) is 3.95. The molecule has 2 saturated carbocycles. The summed E-state index contributed by atoms with van der Waals surface area (Å²) >= 11 is 0. The van der Waals surface area contributed by atoms with Crippen LogP contribution in [-0.2, 0) is 14.3 Å². The highest BCUT2D eigenvalue weighted by molar-refractivity contribution is 5.93. The number of carbonyl (C=O) groups is 2. The smallest absolute Gasteiger partial charge is 0.456 e. The van der Waals surface area contributed by atoms with E-state index in [2.05, 4.69) is 5.32 Å². The second-order valence-electron chi connectivity index (χ2n) is 13.4. The van der Waals surface area contributed by atoms with Crippen molar-refractivity contribution in [3.8, 4) is 0 Å². The highest BCUT2D eigenvalue weighted by Gasteiger charge is 2.79. The molecule has 2 unspecified atom stereocenters. The van der Waals surface area contributed by atoms with Crippen molar-refractivity contribution in [2.45, 2.75) is 107 Å². The van der Waals surface area contributed by atoms with Gasteiger partial charge in [-0.05, 0) is 105 Å². The molecule has 234 valence electrons. The van der Waals surface area contributed by atoms with Gasteiger partial charge in [0.15, 0.2) is 5.78 Å². The van der Waals surface area contributed by atoms with E-state index in [0.717, 1.165) is 40.8 Å². The Bertz CT molecular complexity index is 1360. The molecule has 0 radical (unpaired) electrons. The number of hydrogen-bond donors (Lipinski definition) is 2. The van der Waals surface area contributed by atoms with Crippen molar-refractivity contribution in [2.75, 3.05) is 6.54 Å². The van der Waals surface area contributed by atoms with Crippen molar-refractivity contribution < 1.29 is 41.4 Å². The zero-order chi connectivity index (χ0) is 30.9. The van der Waals surface area contributed by atoms with Crippen molar-refractivity contribution in [1.82, 2.24) is 5.32 Å². The molecule has 0 amide bonds. The number of benzene rings is 1. The Hall–Kier alpha value is -2.59. The number of hydrogen-bond acceptors (Lipinski definition) is 5. The first kappa shape index (κ1) is 30.4. The lowest BCUT2D eigenvalue weighted by Gasteiger charge is -2.56. The van der Waals surface area contributed by atoms with Crippen molar-refractivity contribution in [3.63, 3.8) is 0 Å². The summed E-state index contributed by atoms with van der Waals surface area (Å²) in [7, 11) is 0. The molecule has 5 aliphatic rings. The second-order valence-corrected chi connectivity index (χ2v) is 13.4. The van der Waals surface area contributed by atoms with Crippen LogP contribution in [0.2, 0.25) is 0 Å². The SMILES string of the molecule is C[C@H](OC(=O)[C@@H]1CCCN1)c1ccc([C@H]2C[C@@]3(C)C(CC[C@@]3(O)C(F)(F)C(F)(F)F)C3CCC4=CC(=O)CCC4=C32)cc1. The number of aliphatic hydroxyl groups is 1. The number of alkyl halides is 5. The minimum absolute atomic E-state index is 0.0377. The van der Waals surface area contributed by atoms with Crippen molar-refractivity contribution in [2.24, 2.45) is 17.3 Å². The molecule has 4 aliphatic carbocycles. The quantitative estimate of drug-likeness (QED) is 0.282. The van der Waals surface area contributed by atoms with Gasteiger partial charge >= 0.3 is 18.1 Å².